The maximum atomic E-state index is 13.2. The molecule has 0 radical (unpaired) electrons. The second kappa shape index (κ2) is 9.05. The van der Waals surface area contributed by atoms with E-state index in [1.165, 1.54) is 6.07 Å². The Balaban J connectivity index is 2.01. The average molecular weight is 437 g/mol. The van der Waals surface area contributed by atoms with Crippen LogP contribution in [-0.4, -0.2) is 33.6 Å². The van der Waals surface area contributed by atoms with Crippen LogP contribution in [0.25, 0.3) is 0 Å². The average Bonchev–Trinajstić information content (AvgIpc) is 2.69. The lowest BCUT2D eigenvalue weighted by molar-refractivity contribution is 0.0377. The number of nitrogens with one attached hydrogen (secondary N) is 1. The number of sulfonamides is 1. The van der Waals surface area contributed by atoms with Crippen molar-refractivity contribution in [3.63, 3.8) is 0 Å². The van der Waals surface area contributed by atoms with Gasteiger partial charge in [0.15, 0.2) is 0 Å². The Kier molecular flexibility index (Phi) is 6.70. The normalized spacial score (nSPS) is 14.7. The zero-order valence-corrected chi connectivity index (χ0v) is 18.1. The number of esters is 1. The molecule has 0 spiro atoms. The van der Waals surface area contributed by atoms with Gasteiger partial charge in [-0.05, 0) is 75.6 Å². The molecule has 156 valence electrons. The predicted octanol–water partition coefficient (Wildman–Crippen LogP) is 4.70. The second-order valence-corrected chi connectivity index (χ2v) is 9.38. The van der Waals surface area contributed by atoms with E-state index in [9.17, 15) is 13.2 Å². The zero-order valence-electron chi connectivity index (χ0n) is 16.5. The van der Waals surface area contributed by atoms with Gasteiger partial charge in [-0.1, -0.05) is 11.6 Å². The Morgan fingerprint density at radius 2 is 1.72 bits per heavy atom. The number of rotatable bonds is 6. The molecule has 1 fully saturated rings. The monoisotopic (exact) mass is 436 g/mol. The zero-order chi connectivity index (χ0) is 21.0. The first-order valence-electron chi connectivity index (χ1n) is 9.64. The largest absolute Gasteiger partial charge is 0.459 e. The van der Waals surface area contributed by atoms with E-state index in [0.29, 0.717) is 16.4 Å². The Morgan fingerprint density at radius 1 is 1.07 bits per heavy atom. The number of piperidine rings is 1. The van der Waals surface area contributed by atoms with Gasteiger partial charge in [0.1, 0.15) is 4.90 Å². The molecule has 1 aliphatic rings. The van der Waals surface area contributed by atoms with Crippen LogP contribution in [0.2, 0.25) is 5.02 Å². The fourth-order valence-electron chi connectivity index (χ4n) is 3.26. The molecule has 0 aliphatic carbocycles. The number of carbonyl (C=O) groups is 1. The van der Waals surface area contributed by atoms with E-state index in [2.05, 4.69) is 9.62 Å². The molecule has 29 heavy (non-hydrogen) atoms. The van der Waals surface area contributed by atoms with Crippen molar-refractivity contribution in [2.75, 3.05) is 22.7 Å². The number of carbonyl (C=O) groups excluding carboxylic acids is 1. The summed E-state index contributed by atoms with van der Waals surface area (Å²) in [6.45, 7) is 5.05. The molecule has 6 nitrogen and oxygen atoms in total. The van der Waals surface area contributed by atoms with Crippen molar-refractivity contribution in [2.45, 2.75) is 44.1 Å². The Labute approximate surface area is 176 Å². The summed E-state index contributed by atoms with van der Waals surface area (Å²) in [4.78, 5) is 14.5. The van der Waals surface area contributed by atoms with Crippen molar-refractivity contribution < 1.29 is 17.9 Å². The van der Waals surface area contributed by atoms with E-state index in [4.69, 9.17) is 16.3 Å². The molecule has 0 aromatic heterocycles. The molecule has 0 atom stereocenters. The second-order valence-electron chi connectivity index (χ2n) is 7.30. The van der Waals surface area contributed by atoms with Gasteiger partial charge >= 0.3 is 5.97 Å². The number of anilines is 2. The Morgan fingerprint density at radius 3 is 2.34 bits per heavy atom. The van der Waals surface area contributed by atoms with Gasteiger partial charge in [0.05, 0.1) is 17.4 Å². The van der Waals surface area contributed by atoms with Crippen LogP contribution in [0.5, 0.6) is 0 Å². The van der Waals surface area contributed by atoms with Crippen LogP contribution in [-0.2, 0) is 14.8 Å². The third-order valence-corrected chi connectivity index (χ3v) is 6.28. The lowest BCUT2D eigenvalue weighted by Gasteiger charge is -2.30. The van der Waals surface area contributed by atoms with Crippen LogP contribution in [0, 0.1) is 0 Å². The van der Waals surface area contributed by atoms with E-state index in [0.717, 1.165) is 32.4 Å². The first kappa shape index (κ1) is 21.5. The highest BCUT2D eigenvalue weighted by atomic mass is 35.5. The van der Waals surface area contributed by atoms with Crippen LogP contribution in [0.3, 0.4) is 0 Å². The maximum absolute atomic E-state index is 13.2. The molecule has 1 saturated heterocycles. The summed E-state index contributed by atoms with van der Waals surface area (Å²) < 4.78 is 34.3. The summed E-state index contributed by atoms with van der Waals surface area (Å²) in [6, 6.07) is 11.1. The molecular weight excluding hydrogens is 412 g/mol. The summed E-state index contributed by atoms with van der Waals surface area (Å²) in [5.74, 6) is -0.548. The van der Waals surface area contributed by atoms with Crippen molar-refractivity contribution in [1.29, 1.82) is 0 Å². The van der Waals surface area contributed by atoms with Gasteiger partial charge in [-0.25, -0.2) is 13.2 Å². The van der Waals surface area contributed by atoms with Gasteiger partial charge < -0.3 is 9.64 Å². The number of ether oxygens (including phenoxy) is 1. The first-order valence-corrected chi connectivity index (χ1v) is 11.5. The lowest BCUT2D eigenvalue weighted by atomic mass is 10.1. The van der Waals surface area contributed by atoms with Gasteiger partial charge in [0.25, 0.3) is 10.0 Å². The van der Waals surface area contributed by atoms with E-state index < -0.39 is 16.0 Å². The molecule has 2 aromatic carbocycles. The molecule has 3 rings (SSSR count). The molecule has 1 N–H and O–H groups in total. The summed E-state index contributed by atoms with van der Waals surface area (Å²) in [5, 5.41) is 0.514. The van der Waals surface area contributed by atoms with Gasteiger partial charge in [-0.2, -0.15) is 0 Å². The fourth-order valence-corrected chi connectivity index (χ4v) is 4.70. The number of nitrogens with zero attached hydrogens (tertiary/aromatic N) is 1. The third kappa shape index (κ3) is 5.42. The highest BCUT2D eigenvalue weighted by Gasteiger charge is 2.25. The van der Waals surface area contributed by atoms with E-state index in [-0.39, 0.29) is 16.6 Å². The van der Waals surface area contributed by atoms with Crippen molar-refractivity contribution in [1.82, 2.24) is 0 Å². The summed E-state index contributed by atoms with van der Waals surface area (Å²) in [6.07, 6.45) is 2.83. The predicted molar refractivity (Wildman–Crippen MR) is 115 cm³/mol. The minimum absolute atomic E-state index is 0.0626. The molecule has 0 amide bonds. The van der Waals surface area contributed by atoms with Crippen molar-refractivity contribution in [3.8, 4) is 0 Å². The minimum atomic E-state index is -3.93. The van der Waals surface area contributed by atoms with E-state index in [1.807, 2.05) is 0 Å². The number of halogens is 1. The van der Waals surface area contributed by atoms with Crippen molar-refractivity contribution in [3.05, 3.63) is 53.1 Å². The Bertz CT molecular complexity index is 969. The number of hydrogen-bond acceptors (Lipinski definition) is 5. The molecule has 1 heterocycles. The van der Waals surface area contributed by atoms with Crippen LogP contribution in [0.15, 0.2) is 47.4 Å². The van der Waals surface area contributed by atoms with Crippen molar-refractivity contribution >= 4 is 39.0 Å². The summed E-state index contributed by atoms with van der Waals surface area (Å²) in [7, 11) is -3.93. The van der Waals surface area contributed by atoms with Crippen LogP contribution < -0.4 is 9.62 Å². The molecule has 0 unspecified atom stereocenters. The molecule has 0 saturated carbocycles. The SMILES string of the molecule is CC(C)OC(=O)c1ccc(N2CCCCC2)c(S(=O)(=O)Nc2ccc(Cl)cc2)c1. The van der Waals surface area contributed by atoms with Crippen LogP contribution >= 0.6 is 11.6 Å². The minimum Gasteiger partial charge on any atom is -0.459 e. The molecule has 8 heteroatoms. The molecule has 1 aliphatic heterocycles. The smallest absolute Gasteiger partial charge is 0.338 e. The third-order valence-electron chi connectivity index (χ3n) is 4.62. The van der Waals surface area contributed by atoms with E-state index >= 15 is 0 Å². The van der Waals surface area contributed by atoms with Crippen LogP contribution in [0.1, 0.15) is 43.5 Å². The van der Waals surface area contributed by atoms with Gasteiger partial charge in [-0.15, -0.1) is 0 Å². The maximum Gasteiger partial charge on any atom is 0.338 e. The highest BCUT2D eigenvalue weighted by molar-refractivity contribution is 7.92. The van der Waals surface area contributed by atoms with E-state index in [1.54, 1.807) is 50.2 Å². The first-order chi connectivity index (χ1) is 13.8. The molecular formula is C21H25ClN2O4S. The summed E-state index contributed by atoms with van der Waals surface area (Å²) >= 11 is 5.89. The quantitative estimate of drug-likeness (QED) is 0.664. The standard InChI is InChI=1S/C21H25ClN2O4S/c1-15(2)28-21(25)16-6-11-19(24-12-4-3-5-13-24)20(14-16)29(26,27)23-18-9-7-17(22)8-10-18/h6-11,14-15,23H,3-5,12-13H2,1-2H3. The lowest BCUT2D eigenvalue weighted by Crippen LogP contribution is -2.31. The van der Waals surface area contributed by atoms with Crippen molar-refractivity contribution in [2.24, 2.45) is 0 Å². The number of hydrogen-bond donors (Lipinski definition) is 1. The van der Waals surface area contributed by atoms with Gasteiger partial charge in [0, 0.05) is 23.8 Å². The number of benzene rings is 2. The molecule has 2 aromatic rings. The highest BCUT2D eigenvalue weighted by Crippen LogP contribution is 2.31. The fraction of sp³-hybridized carbons (Fsp3) is 0.381. The van der Waals surface area contributed by atoms with Gasteiger partial charge in [0.2, 0.25) is 0 Å². The van der Waals surface area contributed by atoms with Crippen LogP contribution in [0.4, 0.5) is 11.4 Å². The molecule has 0 bridgehead atoms. The summed E-state index contributed by atoms with van der Waals surface area (Å²) in [5.41, 5.74) is 1.19. The van der Waals surface area contributed by atoms with Gasteiger partial charge in [-0.3, -0.25) is 4.72 Å². The topological polar surface area (TPSA) is 75.7 Å². The Hall–Kier alpha value is -2.25.